The maximum Gasteiger partial charge on any atom is 0.122 e. The van der Waals surface area contributed by atoms with Gasteiger partial charge < -0.3 is 14.3 Å². The van der Waals surface area contributed by atoms with E-state index < -0.39 is 0 Å². The molecule has 0 fully saturated rings. The first-order valence-electron chi connectivity index (χ1n) is 3.90. The SMILES string of the molecule is CC(C)OCCOCCC=O. The monoisotopic (exact) mass is 160 g/mol. The Balaban J connectivity index is 2.85. The van der Waals surface area contributed by atoms with Crippen molar-refractivity contribution in [1.82, 2.24) is 0 Å². The smallest absolute Gasteiger partial charge is 0.122 e. The Hall–Kier alpha value is -0.410. The summed E-state index contributed by atoms with van der Waals surface area (Å²) >= 11 is 0. The van der Waals surface area contributed by atoms with E-state index in [-0.39, 0.29) is 6.10 Å². The average molecular weight is 160 g/mol. The van der Waals surface area contributed by atoms with Crippen molar-refractivity contribution in [3.63, 3.8) is 0 Å². The zero-order valence-corrected chi connectivity index (χ0v) is 7.21. The van der Waals surface area contributed by atoms with Crippen molar-refractivity contribution < 1.29 is 14.3 Å². The van der Waals surface area contributed by atoms with Crippen LogP contribution in [0.5, 0.6) is 0 Å². The minimum Gasteiger partial charge on any atom is -0.379 e. The summed E-state index contributed by atoms with van der Waals surface area (Å²) < 4.78 is 10.3. The number of ether oxygens (including phenoxy) is 2. The molecule has 0 aliphatic rings. The van der Waals surface area contributed by atoms with E-state index in [0.717, 1.165) is 6.29 Å². The second-order valence-electron chi connectivity index (χ2n) is 2.49. The summed E-state index contributed by atoms with van der Waals surface area (Å²) in [7, 11) is 0. The molecule has 0 aromatic heterocycles. The van der Waals surface area contributed by atoms with E-state index in [1.165, 1.54) is 0 Å². The first-order valence-corrected chi connectivity index (χ1v) is 3.90. The largest absolute Gasteiger partial charge is 0.379 e. The third-order valence-corrected chi connectivity index (χ3v) is 1.06. The van der Waals surface area contributed by atoms with E-state index in [4.69, 9.17) is 9.47 Å². The molecule has 0 amide bonds. The third kappa shape index (κ3) is 9.59. The van der Waals surface area contributed by atoms with E-state index in [1.54, 1.807) is 0 Å². The molecule has 0 N–H and O–H groups in total. The van der Waals surface area contributed by atoms with Crippen LogP contribution in [-0.2, 0) is 14.3 Å². The minimum absolute atomic E-state index is 0.254. The molecule has 0 radical (unpaired) electrons. The molecule has 3 nitrogen and oxygen atoms in total. The van der Waals surface area contributed by atoms with Gasteiger partial charge in [0, 0.05) is 6.42 Å². The second kappa shape index (κ2) is 7.69. The maximum absolute atomic E-state index is 9.83. The van der Waals surface area contributed by atoms with Gasteiger partial charge >= 0.3 is 0 Å². The van der Waals surface area contributed by atoms with Gasteiger partial charge in [-0.15, -0.1) is 0 Å². The number of carbonyl (C=O) groups is 1. The van der Waals surface area contributed by atoms with Crippen LogP contribution in [-0.4, -0.2) is 32.2 Å². The molecule has 0 aromatic rings. The molecular formula is C8H16O3. The normalized spacial score (nSPS) is 10.5. The van der Waals surface area contributed by atoms with Gasteiger partial charge in [0.25, 0.3) is 0 Å². The highest BCUT2D eigenvalue weighted by molar-refractivity contribution is 5.49. The number of hydrogen-bond acceptors (Lipinski definition) is 3. The molecule has 0 bridgehead atoms. The van der Waals surface area contributed by atoms with E-state index in [0.29, 0.717) is 26.2 Å². The van der Waals surface area contributed by atoms with E-state index in [2.05, 4.69) is 0 Å². The van der Waals surface area contributed by atoms with Gasteiger partial charge in [-0.05, 0) is 13.8 Å². The second-order valence-corrected chi connectivity index (χ2v) is 2.49. The Labute approximate surface area is 67.7 Å². The molecule has 66 valence electrons. The first kappa shape index (κ1) is 10.6. The zero-order chi connectivity index (χ0) is 8.53. The highest BCUT2D eigenvalue weighted by atomic mass is 16.5. The predicted molar refractivity (Wildman–Crippen MR) is 42.6 cm³/mol. The lowest BCUT2D eigenvalue weighted by molar-refractivity contribution is -0.109. The first-order chi connectivity index (χ1) is 5.27. The van der Waals surface area contributed by atoms with Crippen LogP contribution in [0.2, 0.25) is 0 Å². The fourth-order valence-electron chi connectivity index (χ4n) is 0.576. The molecule has 0 rings (SSSR count). The topological polar surface area (TPSA) is 35.5 Å². The van der Waals surface area contributed by atoms with Crippen molar-refractivity contribution >= 4 is 6.29 Å². The standard InChI is InChI=1S/C8H16O3/c1-8(2)11-7-6-10-5-3-4-9/h4,8H,3,5-7H2,1-2H3. The summed E-state index contributed by atoms with van der Waals surface area (Å²) in [4.78, 5) is 9.83. The lowest BCUT2D eigenvalue weighted by atomic mass is 10.5. The Morgan fingerprint density at radius 1 is 1.27 bits per heavy atom. The van der Waals surface area contributed by atoms with Crippen LogP contribution in [0.3, 0.4) is 0 Å². The molecule has 0 atom stereocenters. The summed E-state index contributed by atoms with van der Waals surface area (Å²) in [6.45, 7) is 5.64. The van der Waals surface area contributed by atoms with Crippen molar-refractivity contribution in [2.45, 2.75) is 26.4 Å². The van der Waals surface area contributed by atoms with Gasteiger partial charge in [0.1, 0.15) is 6.29 Å². The summed E-state index contributed by atoms with van der Waals surface area (Å²) in [6, 6.07) is 0. The lowest BCUT2D eigenvalue weighted by Gasteiger charge is -2.06. The zero-order valence-electron chi connectivity index (χ0n) is 7.21. The molecule has 0 aromatic carbocycles. The Kier molecular flexibility index (Phi) is 7.41. The number of rotatable bonds is 7. The summed E-state index contributed by atoms with van der Waals surface area (Å²) in [5.41, 5.74) is 0. The van der Waals surface area contributed by atoms with Crippen molar-refractivity contribution in [2.75, 3.05) is 19.8 Å². The number of hydrogen-bond donors (Lipinski definition) is 0. The van der Waals surface area contributed by atoms with E-state index in [1.807, 2.05) is 13.8 Å². The average Bonchev–Trinajstić information content (AvgIpc) is 1.96. The molecule has 0 aliphatic carbocycles. The van der Waals surface area contributed by atoms with Crippen LogP contribution in [0.1, 0.15) is 20.3 Å². The molecule has 0 spiro atoms. The Morgan fingerprint density at radius 2 is 2.00 bits per heavy atom. The van der Waals surface area contributed by atoms with Crippen LogP contribution < -0.4 is 0 Å². The van der Waals surface area contributed by atoms with Gasteiger partial charge in [-0.3, -0.25) is 0 Å². The fraction of sp³-hybridized carbons (Fsp3) is 0.875. The number of carbonyl (C=O) groups excluding carboxylic acids is 1. The van der Waals surface area contributed by atoms with Crippen LogP contribution >= 0.6 is 0 Å². The van der Waals surface area contributed by atoms with Gasteiger partial charge in [-0.25, -0.2) is 0 Å². The summed E-state index contributed by atoms with van der Waals surface area (Å²) in [6.07, 6.45) is 1.58. The molecular weight excluding hydrogens is 144 g/mol. The fourth-order valence-corrected chi connectivity index (χ4v) is 0.576. The predicted octanol–water partition coefficient (Wildman–Crippen LogP) is 1.02. The summed E-state index contributed by atoms with van der Waals surface area (Å²) in [5, 5.41) is 0. The summed E-state index contributed by atoms with van der Waals surface area (Å²) in [5.74, 6) is 0. The molecule has 11 heavy (non-hydrogen) atoms. The highest BCUT2D eigenvalue weighted by Gasteiger charge is 1.92. The van der Waals surface area contributed by atoms with Crippen LogP contribution in [0.25, 0.3) is 0 Å². The molecule has 0 aliphatic heterocycles. The molecule has 0 unspecified atom stereocenters. The van der Waals surface area contributed by atoms with E-state index in [9.17, 15) is 4.79 Å². The van der Waals surface area contributed by atoms with Crippen molar-refractivity contribution in [3.05, 3.63) is 0 Å². The molecule has 0 saturated carbocycles. The quantitative estimate of drug-likeness (QED) is 0.412. The van der Waals surface area contributed by atoms with Crippen LogP contribution in [0, 0.1) is 0 Å². The lowest BCUT2D eigenvalue weighted by Crippen LogP contribution is -2.10. The third-order valence-electron chi connectivity index (χ3n) is 1.06. The molecule has 0 heterocycles. The van der Waals surface area contributed by atoms with Crippen molar-refractivity contribution in [3.8, 4) is 0 Å². The van der Waals surface area contributed by atoms with Crippen molar-refractivity contribution in [2.24, 2.45) is 0 Å². The van der Waals surface area contributed by atoms with Gasteiger partial charge in [0.15, 0.2) is 0 Å². The van der Waals surface area contributed by atoms with Crippen LogP contribution in [0.4, 0.5) is 0 Å². The maximum atomic E-state index is 9.83. The van der Waals surface area contributed by atoms with Crippen LogP contribution in [0.15, 0.2) is 0 Å². The highest BCUT2D eigenvalue weighted by Crippen LogP contribution is 1.87. The Morgan fingerprint density at radius 3 is 2.55 bits per heavy atom. The molecule has 0 saturated heterocycles. The molecule has 3 heteroatoms. The minimum atomic E-state index is 0.254. The van der Waals surface area contributed by atoms with Crippen molar-refractivity contribution in [1.29, 1.82) is 0 Å². The van der Waals surface area contributed by atoms with E-state index >= 15 is 0 Å². The van der Waals surface area contributed by atoms with Gasteiger partial charge in [-0.1, -0.05) is 0 Å². The van der Waals surface area contributed by atoms with Gasteiger partial charge in [0.05, 0.1) is 25.9 Å². The Bertz CT molecular complexity index is 91.3. The number of aldehydes is 1. The van der Waals surface area contributed by atoms with Gasteiger partial charge in [-0.2, -0.15) is 0 Å². The van der Waals surface area contributed by atoms with Gasteiger partial charge in [0.2, 0.25) is 0 Å².